The molecule has 3 aliphatic rings. The second-order valence-corrected chi connectivity index (χ2v) is 14.9. The Bertz CT molecular complexity index is 1380. The van der Waals surface area contributed by atoms with Crippen LogP contribution in [0.1, 0.15) is 79.2 Å². The van der Waals surface area contributed by atoms with Crippen molar-refractivity contribution in [2.24, 2.45) is 11.3 Å². The number of thiazole rings is 1. The number of likely N-dealkylation sites (tertiary alicyclic amines) is 1. The van der Waals surface area contributed by atoms with Crippen molar-refractivity contribution in [3.8, 4) is 0 Å². The molecule has 3 aliphatic heterocycles. The average Bonchev–Trinajstić information content (AvgIpc) is 3.36. The average molecular weight is 608 g/mol. The van der Waals surface area contributed by atoms with E-state index >= 15 is 0 Å². The van der Waals surface area contributed by atoms with E-state index in [9.17, 15) is 14.4 Å². The minimum Gasteiger partial charge on any atom is -0.310 e. The highest BCUT2D eigenvalue weighted by atomic mass is 32.1. The quantitative estimate of drug-likeness (QED) is 0.379. The molecule has 9 nitrogen and oxygen atoms in total. The summed E-state index contributed by atoms with van der Waals surface area (Å²) >= 11 is 1.50. The summed E-state index contributed by atoms with van der Waals surface area (Å²) in [6, 6.07) is 7.54. The van der Waals surface area contributed by atoms with Crippen LogP contribution in [-0.4, -0.2) is 79.8 Å². The van der Waals surface area contributed by atoms with E-state index in [2.05, 4.69) is 44.5 Å². The lowest BCUT2D eigenvalue weighted by molar-refractivity contribution is -0.226. The number of benzene rings is 1. The van der Waals surface area contributed by atoms with Crippen LogP contribution in [0.2, 0.25) is 0 Å². The van der Waals surface area contributed by atoms with Crippen molar-refractivity contribution in [3.05, 3.63) is 47.4 Å². The van der Waals surface area contributed by atoms with E-state index in [1.807, 2.05) is 38.1 Å². The standard InChI is InChI=1S/C33H45N5O4S/c1-21(2)18-26-32(41)37-25(19-33(5,6)7)31(40)36(23-14-16-35(17-15-23)22(3)4)20-29(37)38(42-26)30(39)13-12-28-34-24-10-8-9-11-27(24)43-28/h8-13,20-23,25-26H,14-19H2,1-7H3/b13-12+/t25-,26+/m0/s1. The Morgan fingerprint density at radius 3 is 2.42 bits per heavy atom. The number of para-hydroxylation sites is 1. The van der Waals surface area contributed by atoms with Crippen LogP contribution in [0.25, 0.3) is 16.3 Å². The maximum absolute atomic E-state index is 14.2. The van der Waals surface area contributed by atoms with Crippen LogP contribution in [-0.2, 0) is 19.2 Å². The molecule has 2 aromatic rings. The molecule has 0 radical (unpaired) electrons. The van der Waals surface area contributed by atoms with E-state index in [1.165, 1.54) is 22.5 Å². The number of nitrogens with zero attached hydrogens (tertiary/aromatic N) is 5. The SMILES string of the molecule is CC(C)C[C@H]1ON(C(=O)/C=C/c2nc3ccccc3s2)C2=CN(C3CCN(C(C)C)CC3)C(=O)[C@H](CC(C)(C)C)N2C1=O. The minimum absolute atomic E-state index is 0.0154. The second kappa shape index (κ2) is 12.5. The Kier molecular flexibility index (Phi) is 9.11. The molecule has 4 heterocycles. The maximum Gasteiger partial charge on any atom is 0.276 e. The molecule has 0 spiro atoms. The van der Waals surface area contributed by atoms with Gasteiger partial charge in [0.15, 0.2) is 11.9 Å². The molecule has 0 aliphatic carbocycles. The number of aromatic nitrogens is 1. The highest BCUT2D eigenvalue weighted by Gasteiger charge is 2.51. The van der Waals surface area contributed by atoms with Gasteiger partial charge < -0.3 is 9.80 Å². The number of hydrogen-bond acceptors (Lipinski definition) is 7. The van der Waals surface area contributed by atoms with Gasteiger partial charge in [-0.2, -0.15) is 5.06 Å². The molecule has 2 atom stereocenters. The molecule has 5 rings (SSSR count). The van der Waals surface area contributed by atoms with Gasteiger partial charge in [0.05, 0.1) is 16.4 Å². The summed E-state index contributed by atoms with van der Waals surface area (Å²) in [6.45, 7) is 16.4. The Hall–Kier alpha value is -3.08. The van der Waals surface area contributed by atoms with Crippen molar-refractivity contribution in [1.82, 2.24) is 24.7 Å². The number of rotatable bonds is 7. The molecule has 1 aromatic carbocycles. The molecule has 1 aromatic heterocycles. The van der Waals surface area contributed by atoms with Gasteiger partial charge in [-0.3, -0.25) is 24.1 Å². The predicted octanol–water partition coefficient (Wildman–Crippen LogP) is 5.65. The topological polar surface area (TPSA) is 86.3 Å². The van der Waals surface area contributed by atoms with Crippen LogP contribution in [0.5, 0.6) is 0 Å². The van der Waals surface area contributed by atoms with Crippen molar-refractivity contribution in [1.29, 1.82) is 0 Å². The number of carbonyl (C=O) groups excluding carboxylic acids is 3. The smallest absolute Gasteiger partial charge is 0.276 e. The van der Waals surface area contributed by atoms with Gasteiger partial charge in [-0.25, -0.2) is 4.98 Å². The fourth-order valence-electron chi connectivity index (χ4n) is 6.12. The molecule has 3 amide bonds. The van der Waals surface area contributed by atoms with Crippen molar-refractivity contribution in [3.63, 3.8) is 0 Å². The summed E-state index contributed by atoms with van der Waals surface area (Å²) in [7, 11) is 0. The van der Waals surface area contributed by atoms with Crippen LogP contribution < -0.4 is 0 Å². The molecular weight excluding hydrogens is 562 g/mol. The monoisotopic (exact) mass is 607 g/mol. The van der Waals surface area contributed by atoms with Crippen molar-refractivity contribution in [2.75, 3.05) is 13.1 Å². The first-order chi connectivity index (χ1) is 20.3. The van der Waals surface area contributed by atoms with Crippen LogP contribution in [0, 0.1) is 11.3 Å². The molecule has 43 heavy (non-hydrogen) atoms. The highest BCUT2D eigenvalue weighted by molar-refractivity contribution is 7.19. The normalized spacial score (nSPS) is 22.8. The Morgan fingerprint density at radius 1 is 1.09 bits per heavy atom. The van der Waals surface area contributed by atoms with E-state index in [-0.39, 0.29) is 29.2 Å². The number of fused-ring (bicyclic) bond motifs is 2. The van der Waals surface area contributed by atoms with Crippen LogP contribution in [0.4, 0.5) is 0 Å². The van der Waals surface area contributed by atoms with E-state index in [1.54, 1.807) is 22.1 Å². The lowest BCUT2D eigenvalue weighted by atomic mass is 9.85. The van der Waals surface area contributed by atoms with Crippen molar-refractivity contribution in [2.45, 2.75) is 98.4 Å². The Labute approximate surface area is 259 Å². The third kappa shape index (κ3) is 6.86. The molecule has 0 saturated carbocycles. The number of hydrogen-bond donors (Lipinski definition) is 0. The van der Waals surface area contributed by atoms with Crippen molar-refractivity contribution >= 4 is 45.4 Å². The summed E-state index contributed by atoms with van der Waals surface area (Å²) in [5.74, 6) is -0.313. The zero-order valence-corrected chi connectivity index (χ0v) is 27.3. The van der Waals surface area contributed by atoms with Crippen LogP contribution >= 0.6 is 11.3 Å². The third-order valence-corrected chi connectivity index (χ3v) is 9.30. The zero-order valence-electron chi connectivity index (χ0n) is 26.4. The van der Waals surface area contributed by atoms with Gasteiger partial charge in [-0.15, -0.1) is 11.3 Å². The zero-order chi connectivity index (χ0) is 31.1. The highest BCUT2D eigenvalue weighted by Crippen LogP contribution is 2.38. The third-order valence-electron chi connectivity index (χ3n) is 8.30. The first kappa shape index (κ1) is 31.3. The van der Waals surface area contributed by atoms with E-state index in [0.717, 1.165) is 36.1 Å². The molecule has 0 bridgehead atoms. The van der Waals surface area contributed by atoms with Gasteiger partial charge in [0.25, 0.3) is 11.8 Å². The minimum atomic E-state index is -0.868. The summed E-state index contributed by atoms with van der Waals surface area (Å²) in [5, 5.41) is 1.94. The summed E-state index contributed by atoms with van der Waals surface area (Å²) < 4.78 is 1.04. The molecule has 0 N–H and O–H groups in total. The lowest BCUT2D eigenvalue weighted by Gasteiger charge is -2.50. The fraction of sp³-hybridized carbons (Fsp3) is 0.576. The molecule has 2 fully saturated rings. The second-order valence-electron chi connectivity index (χ2n) is 13.8. The molecule has 232 valence electrons. The summed E-state index contributed by atoms with van der Waals surface area (Å²) in [4.78, 5) is 58.7. The fourth-order valence-corrected chi connectivity index (χ4v) is 6.99. The number of carbonyl (C=O) groups is 3. The van der Waals surface area contributed by atoms with Gasteiger partial charge >= 0.3 is 0 Å². The summed E-state index contributed by atoms with van der Waals surface area (Å²) in [5.41, 5.74) is 0.642. The summed E-state index contributed by atoms with van der Waals surface area (Å²) in [6.07, 6.45) is 6.50. The van der Waals surface area contributed by atoms with Gasteiger partial charge in [-0.1, -0.05) is 46.8 Å². The van der Waals surface area contributed by atoms with Gasteiger partial charge in [0.1, 0.15) is 11.0 Å². The first-order valence-corrected chi connectivity index (χ1v) is 16.3. The number of amides is 3. The number of hydroxylamine groups is 2. The maximum atomic E-state index is 14.2. The molecule has 0 unspecified atom stereocenters. The van der Waals surface area contributed by atoms with Gasteiger partial charge in [0, 0.05) is 31.2 Å². The lowest BCUT2D eigenvalue weighted by Crippen LogP contribution is -2.65. The van der Waals surface area contributed by atoms with E-state index < -0.39 is 18.1 Å². The van der Waals surface area contributed by atoms with Crippen LogP contribution in [0.15, 0.2) is 42.4 Å². The van der Waals surface area contributed by atoms with E-state index in [4.69, 9.17) is 4.84 Å². The molecular formula is C33H45N5O4S. The molecule has 10 heteroatoms. The molecule has 2 saturated heterocycles. The number of piperidine rings is 1. The largest absolute Gasteiger partial charge is 0.310 e. The first-order valence-electron chi connectivity index (χ1n) is 15.5. The Balaban J connectivity index is 1.52. The van der Waals surface area contributed by atoms with Gasteiger partial charge in [-0.05, 0) is 69.1 Å². The Morgan fingerprint density at radius 2 is 1.79 bits per heavy atom. The van der Waals surface area contributed by atoms with E-state index in [0.29, 0.717) is 29.7 Å². The predicted molar refractivity (Wildman–Crippen MR) is 169 cm³/mol. The van der Waals surface area contributed by atoms with Gasteiger partial charge in [0.2, 0.25) is 5.91 Å². The van der Waals surface area contributed by atoms with Crippen LogP contribution in [0.3, 0.4) is 0 Å². The van der Waals surface area contributed by atoms with Crippen molar-refractivity contribution < 1.29 is 19.2 Å².